The molecule has 5 nitrogen and oxygen atoms in total. The van der Waals surface area contributed by atoms with Crippen molar-refractivity contribution in [3.63, 3.8) is 0 Å². The first kappa shape index (κ1) is 11.2. The smallest absolute Gasteiger partial charge is 0.320 e. The van der Waals surface area contributed by atoms with E-state index in [1.54, 1.807) is 12.2 Å². The normalized spacial score (nSPS) is 18.8. The van der Waals surface area contributed by atoms with Crippen molar-refractivity contribution in [2.24, 2.45) is 0 Å². The summed E-state index contributed by atoms with van der Waals surface area (Å²) in [5.74, 6) is -0.829. The zero-order valence-corrected chi connectivity index (χ0v) is 7.97. The lowest BCUT2D eigenvalue weighted by molar-refractivity contribution is -0.181. The van der Waals surface area contributed by atoms with Gasteiger partial charge in [-0.2, -0.15) is 0 Å². The van der Waals surface area contributed by atoms with Crippen molar-refractivity contribution in [1.82, 2.24) is 0 Å². The Kier molecular flexibility index (Phi) is 4.28. The van der Waals surface area contributed by atoms with Gasteiger partial charge < -0.3 is 9.47 Å². The molecule has 0 unspecified atom stereocenters. The quantitative estimate of drug-likeness (QED) is 0.430. The van der Waals surface area contributed by atoms with Crippen molar-refractivity contribution >= 4 is 17.7 Å². The lowest BCUT2D eigenvalue weighted by atomic mass is 10.2. The molecule has 1 aliphatic carbocycles. The van der Waals surface area contributed by atoms with Crippen LogP contribution in [0.25, 0.3) is 0 Å². The van der Waals surface area contributed by atoms with Crippen LogP contribution in [0.5, 0.6) is 0 Å². The van der Waals surface area contributed by atoms with Gasteiger partial charge in [-0.3, -0.25) is 14.4 Å². The number of allylic oxidation sites excluding steroid dienone is 4. The summed E-state index contributed by atoms with van der Waals surface area (Å²) in [7, 11) is 0. The van der Waals surface area contributed by atoms with Crippen LogP contribution in [0.15, 0.2) is 24.3 Å². The fourth-order valence-corrected chi connectivity index (χ4v) is 0.875. The number of ketones is 1. The molecule has 0 amide bonds. The molecule has 1 fully saturated rings. The van der Waals surface area contributed by atoms with Crippen molar-refractivity contribution < 1.29 is 23.9 Å². The molecule has 0 spiro atoms. The van der Waals surface area contributed by atoms with Crippen LogP contribution in [0.4, 0.5) is 0 Å². The van der Waals surface area contributed by atoms with Gasteiger partial charge in [0, 0.05) is 6.42 Å². The summed E-state index contributed by atoms with van der Waals surface area (Å²) in [6.07, 6.45) is 7.39. The molecule has 0 aromatic carbocycles. The molecule has 0 aromatic rings. The predicted octanol–water partition coefficient (Wildman–Crippen LogP) is 0.506. The highest BCUT2D eigenvalue weighted by atomic mass is 16.7. The van der Waals surface area contributed by atoms with Crippen molar-refractivity contribution in [1.29, 1.82) is 0 Å². The summed E-state index contributed by atoms with van der Waals surface area (Å²) in [6, 6.07) is 0. The highest BCUT2D eigenvalue weighted by Gasteiger charge is 2.17. The first-order valence-electron chi connectivity index (χ1n) is 4.36. The van der Waals surface area contributed by atoms with Gasteiger partial charge in [-0.15, -0.1) is 0 Å². The number of rotatable bonds is 0. The van der Waals surface area contributed by atoms with Gasteiger partial charge in [0.2, 0.25) is 6.79 Å². The van der Waals surface area contributed by atoms with Gasteiger partial charge in [-0.05, 0) is 6.08 Å². The molecule has 0 bridgehead atoms. The van der Waals surface area contributed by atoms with E-state index in [0.717, 1.165) is 0 Å². The number of carbonyl (C=O) groups is 3. The first-order valence-corrected chi connectivity index (χ1v) is 4.36. The zero-order chi connectivity index (χ0) is 11.1. The number of ether oxygens (including phenoxy) is 2. The third kappa shape index (κ3) is 4.75. The molecule has 15 heavy (non-hydrogen) atoms. The van der Waals surface area contributed by atoms with E-state index in [-0.39, 0.29) is 19.0 Å². The Morgan fingerprint density at radius 3 is 1.93 bits per heavy atom. The maximum Gasteiger partial charge on any atom is 0.320 e. The largest absolute Gasteiger partial charge is 0.427 e. The fraction of sp³-hybridized carbons (Fsp3) is 0.300. The van der Waals surface area contributed by atoms with Crippen LogP contribution >= 0.6 is 0 Å². The van der Waals surface area contributed by atoms with Crippen LogP contribution in [0.2, 0.25) is 0 Å². The van der Waals surface area contributed by atoms with Crippen LogP contribution in [0, 0.1) is 0 Å². The van der Waals surface area contributed by atoms with Gasteiger partial charge >= 0.3 is 11.9 Å². The SMILES string of the molecule is O=C1C=CC=CC1.O=C1CC(=O)OCO1. The summed E-state index contributed by atoms with van der Waals surface area (Å²) in [4.78, 5) is 30.6. The van der Waals surface area contributed by atoms with Gasteiger partial charge in [0.15, 0.2) is 5.78 Å². The maximum atomic E-state index is 10.3. The van der Waals surface area contributed by atoms with Crippen molar-refractivity contribution in [3.8, 4) is 0 Å². The molecule has 2 aliphatic rings. The van der Waals surface area contributed by atoms with E-state index in [9.17, 15) is 14.4 Å². The molecule has 1 aliphatic heterocycles. The Morgan fingerprint density at radius 2 is 1.67 bits per heavy atom. The van der Waals surface area contributed by atoms with Crippen LogP contribution in [0.1, 0.15) is 12.8 Å². The van der Waals surface area contributed by atoms with Crippen LogP contribution in [-0.2, 0) is 23.9 Å². The minimum Gasteiger partial charge on any atom is -0.427 e. The van der Waals surface area contributed by atoms with Crippen molar-refractivity contribution in [3.05, 3.63) is 24.3 Å². The summed E-state index contributed by atoms with van der Waals surface area (Å²) in [5.41, 5.74) is 0. The van der Waals surface area contributed by atoms with Gasteiger partial charge in [0.25, 0.3) is 0 Å². The van der Waals surface area contributed by atoms with Crippen molar-refractivity contribution in [2.75, 3.05) is 6.79 Å². The third-order valence-electron chi connectivity index (χ3n) is 1.58. The van der Waals surface area contributed by atoms with Crippen LogP contribution in [-0.4, -0.2) is 24.5 Å². The number of cyclic esters (lactones) is 2. The first-order chi connectivity index (χ1) is 7.18. The van der Waals surface area contributed by atoms with E-state index in [0.29, 0.717) is 6.42 Å². The Labute approximate surface area is 86.4 Å². The van der Waals surface area contributed by atoms with Crippen molar-refractivity contribution in [2.45, 2.75) is 12.8 Å². The second-order valence-corrected chi connectivity index (χ2v) is 2.79. The lowest BCUT2D eigenvalue weighted by Gasteiger charge is -2.09. The molecule has 0 atom stereocenters. The van der Waals surface area contributed by atoms with E-state index in [4.69, 9.17) is 0 Å². The average Bonchev–Trinajstić information content (AvgIpc) is 2.19. The van der Waals surface area contributed by atoms with Gasteiger partial charge in [0.1, 0.15) is 6.42 Å². The molecule has 0 radical (unpaired) electrons. The predicted molar refractivity (Wildman–Crippen MR) is 49.6 cm³/mol. The standard InChI is InChI=1S/C6H6O.C4H4O4/c7-6-4-2-1-3-5-6;5-3-1-4(6)8-2-7-3/h1-4H,5H2;1-2H2. The molecule has 0 aromatic heterocycles. The summed E-state index contributed by atoms with van der Waals surface area (Å²) < 4.78 is 8.53. The minimum absolute atomic E-state index is 0.197. The number of carbonyl (C=O) groups excluding carboxylic acids is 3. The Morgan fingerprint density at radius 1 is 1.00 bits per heavy atom. The van der Waals surface area contributed by atoms with Crippen LogP contribution in [0.3, 0.4) is 0 Å². The van der Waals surface area contributed by atoms with E-state index >= 15 is 0 Å². The summed E-state index contributed by atoms with van der Waals surface area (Å²) >= 11 is 0. The molecule has 0 saturated carbocycles. The maximum absolute atomic E-state index is 10.3. The Hall–Kier alpha value is -1.91. The molecule has 0 N–H and O–H groups in total. The van der Waals surface area contributed by atoms with E-state index in [1.807, 2.05) is 12.2 Å². The molecule has 1 saturated heterocycles. The van der Waals surface area contributed by atoms with E-state index < -0.39 is 11.9 Å². The summed E-state index contributed by atoms with van der Waals surface area (Å²) in [6.45, 7) is -0.225. The fourth-order valence-electron chi connectivity index (χ4n) is 0.875. The molecule has 80 valence electrons. The highest BCUT2D eigenvalue weighted by Crippen LogP contribution is 1.97. The minimum atomic E-state index is -0.513. The zero-order valence-electron chi connectivity index (χ0n) is 7.97. The summed E-state index contributed by atoms with van der Waals surface area (Å²) in [5, 5.41) is 0. The van der Waals surface area contributed by atoms with Gasteiger partial charge in [0.05, 0.1) is 0 Å². The van der Waals surface area contributed by atoms with Gasteiger partial charge in [-0.25, -0.2) is 0 Å². The number of hydrogen-bond acceptors (Lipinski definition) is 5. The molecule has 5 heteroatoms. The van der Waals surface area contributed by atoms with E-state index in [1.165, 1.54) is 0 Å². The topological polar surface area (TPSA) is 69.7 Å². The number of hydrogen-bond donors (Lipinski definition) is 0. The van der Waals surface area contributed by atoms with Gasteiger partial charge in [-0.1, -0.05) is 18.2 Å². The van der Waals surface area contributed by atoms with Crippen LogP contribution < -0.4 is 0 Å². The molecular formula is C10H10O5. The van der Waals surface area contributed by atoms with E-state index in [2.05, 4.69) is 9.47 Å². The highest BCUT2D eigenvalue weighted by molar-refractivity contribution is 5.92. The number of esters is 2. The second kappa shape index (κ2) is 5.74. The monoisotopic (exact) mass is 210 g/mol. The Bertz CT molecular complexity index is 313. The second-order valence-electron chi connectivity index (χ2n) is 2.79. The Balaban J connectivity index is 0.000000151. The third-order valence-corrected chi connectivity index (χ3v) is 1.58. The lowest BCUT2D eigenvalue weighted by Crippen LogP contribution is -2.22. The molecular weight excluding hydrogens is 200 g/mol. The molecule has 2 rings (SSSR count). The average molecular weight is 210 g/mol. The molecule has 1 heterocycles.